The molecule has 3 rings (SSSR count). The average Bonchev–Trinajstić information content (AvgIpc) is 3.30. The Morgan fingerprint density at radius 2 is 2.19 bits per heavy atom. The summed E-state index contributed by atoms with van der Waals surface area (Å²) in [5, 5.41) is 10.6. The summed E-state index contributed by atoms with van der Waals surface area (Å²) in [6.45, 7) is 8.95. The molecule has 0 bridgehead atoms. The van der Waals surface area contributed by atoms with Gasteiger partial charge in [0.25, 0.3) is 0 Å². The molecule has 0 amide bonds. The van der Waals surface area contributed by atoms with Crippen molar-refractivity contribution < 1.29 is 31.3 Å². The van der Waals surface area contributed by atoms with E-state index in [-0.39, 0.29) is 53.9 Å². The van der Waals surface area contributed by atoms with Gasteiger partial charge in [0.15, 0.2) is 0 Å². The predicted molar refractivity (Wildman–Crippen MR) is 91.2 cm³/mol. The van der Waals surface area contributed by atoms with E-state index in [4.69, 9.17) is 4.74 Å². The van der Waals surface area contributed by atoms with Crippen LogP contribution in [0, 0.1) is 5.92 Å². The molecule has 2 N–H and O–H groups in total. The van der Waals surface area contributed by atoms with Crippen LogP contribution in [0.3, 0.4) is 0 Å². The summed E-state index contributed by atoms with van der Waals surface area (Å²) in [5.74, 6) is 0.392. The van der Waals surface area contributed by atoms with Crippen LogP contribution < -0.4 is 25.0 Å². The van der Waals surface area contributed by atoms with E-state index in [1.807, 2.05) is 0 Å². The van der Waals surface area contributed by atoms with Crippen LogP contribution in [0.25, 0.3) is 0 Å². The van der Waals surface area contributed by atoms with Gasteiger partial charge in [0.2, 0.25) is 0 Å². The summed E-state index contributed by atoms with van der Waals surface area (Å²) in [4.78, 5) is 0. The van der Waals surface area contributed by atoms with E-state index < -0.39 is 0 Å². The monoisotopic (exact) mass is 518 g/mol. The third-order valence-corrected chi connectivity index (χ3v) is 12.0. The topological polar surface area (TPSA) is 51.4 Å². The number of hydrogen-bond donors (Lipinski definition) is 2. The van der Waals surface area contributed by atoms with E-state index in [9.17, 15) is 5.11 Å². The molecular formula is C16H26I2NO2-. The molecule has 0 saturated carbocycles. The Bertz CT molecular complexity index is 489. The van der Waals surface area contributed by atoms with Gasteiger partial charge in [0.05, 0.1) is 0 Å². The van der Waals surface area contributed by atoms with Gasteiger partial charge in [0.1, 0.15) is 0 Å². The number of halogens is 2. The van der Waals surface area contributed by atoms with Crippen molar-refractivity contribution in [3.05, 3.63) is 11.6 Å². The first-order valence-corrected chi connectivity index (χ1v) is 12.4. The van der Waals surface area contributed by atoms with Crippen molar-refractivity contribution >= 4 is 24.4 Å². The molecule has 3 nitrogen and oxygen atoms in total. The Kier molecular flexibility index (Phi) is 4.88. The Morgan fingerprint density at radius 3 is 2.76 bits per heavy atom. The van der Waals surface area contributed by atoms with Gasteiger partial charge in [-0.05, 0) is 0 Å². The summed E-state index contributed by atoms with van der Waals surface area (Å²) < 4.78 is 12.6. The van der Waals surface area contributed by atoms with Crippen LogP contribution in [-0.2, 0) is 4.74 Å². The zero-order valence-electron chi connectivity index (χ0n) is 13.2. The second-order valence-corrected chi connectivity index (χ2v) is 13.0. The SMILES string of the molecule is CCC1=CC(C)(OC2=IC2(C)C2N[I-]2)CC(O)C(CC)C1. The maximum absolute atomic E-state index is 10.6. The first kappa shape index (κ1) is 16.8. The molecule has 1 aliphatic carbocycles. The normalized spacial score (nSPS) is 46.4. The molecule has 5 atom stereocenters. The fourth-order valence-corrected chi connectivity index (χ4v) is 9.99. The third-order valence-electron chi connectivity index (χ3n) is 4.82. The number of allylic oxidation sites excluding steroid dienone is 1. The second-order valence-electron chi connectivity index (χ2n) is 6.74. The number of nitrogens with one attached hydrogen (secondary N) is 1. The number of ether oxygens (including phenoxy) is 1. The van der Waals surface area contributed by atoms with E-state index in [0.717, 1.165) is 29.7 Å². The molecule has 5 heteroatoms. The standard InChI is InChI=1S/C16H26I2NO2/c1-5-10-7-11(6-2)12(20)9-15(3,8-10)21-14-16(4,17-14)13-18-19-13/h8,11-13,19-20H,5-7,9H2,1-4H3/q-1. The molecule has 21 heavy (non-hydrogen) atoms. The van der Waals surface area contributed by atoms with Crippen LogP contribution in [-0.4, -0.2) is 28.0 Å². The van der Waals surface area contributed by atoms with Gasteiger partial charge >= 0.3 is 149 Å². The molecule has 122 valence electrons. The summed E-state index contributed by atoms with van der Waals surface area (Å²) in [6.07, 6.45) is 5.98. The van der Waals surface area contributed by atoms with Crippen LogP contribution >= 0.6 is 20.7 Å². The van der Waals surface area contributed by atoms with Crippen molar-refractivity contribution in [1.29, 1.82) is 0 Å². The van der Waals surface area contributed by atoms with E-state index in [1.54, 1.807) is 0 Å². The summed E-state index contributed by atoms with van der Waals surface area (Å²) in [6, 6.07) is 0. The van der Waals surface area contributed by atoms with E-state index in [0.29, 0.717) is 9.34 Å². The van der Waals surface area contributed by atoms with Gasteiger partial charge in [-0.3, -0.25) is 0 Å². The fraction of sp³-hybridized carbons (Fsp3) is 0.812. The van der Waals surface area contributed by atoms with Crippen molar-refractivity contribution in [3.8, 4) is 0 Å². The molecular weight excluding hydrogens is 492 g/mol. The third kappa shape index (κ3) is 3.56. The number of alkyl halides is 2. The van der Waals surface area contributed by atoms with Crippen LogP contribution in [0.5, 0.6) is 0 Å². The van der Waals surface area contributed by atoms with Crippen LogP contribution in [0.15, 0.2) is 11.6 Å². The molecule has 1 saturated heterocycles. The van der Waals surface area contributed by atoms with Gasteiger partial charge in [-0.25, -0.2) is 0 Å². The van der Waals surface area contributed by atoms with Crippen LogP contribution in [0.4, 0.5) is 0 Å². The Balaban J connectivity index is 1.74. The Morgan fingerprint density at radius 1 is 1.48 bits per heavy atom. The minimum absolute atomic E-state index is 0.0783. The second kappa shape index (κ2) is 6.11. The first-order valence-electron chi connectivity index (χ1n) is 7.89. The van der Waals surface area contributed by atoms with Crippen molar-refractivity contribution in [1.82, 2.24) is 3.53 Å². The fourth-order valence-electron chi connectivity index (χ4n) is 3.20. The molecule has 5 unspecified atom stereocenters. The van der Waals surface area contributed by atoms with Gasteiger partial charge in [-0.15, -0.1) is 0 Å². The molecule has 0 aromatic carbocycles. The molecule has 0 aromatic rings. The number of aliphatic hydroxyl groups is 1. The average molecular weight is 518 g/mol. The van der Waals surface area contributed by atoms with E-state index >= 15 is 0 Å². The van der Waals surface area contributed by atoms with Crippen molar-refractivity contribution in [2.24, 2.45) is 5.92 Å². The van der Waals surface area contributed by atoms with E-state index in [2.05, 4.69) is 37.3 Å². The first-order chi connectivity index (χ1) is 9.90. The van der Waals surface area contributed by atoms with Crippen molar-refractivity contribution in [2.75, 3.05) is 0 Å². The van der Waals surface area contributed by atoms with Gasteiger partial charge in [0, 0.05) is 0 Å². The minimum atomic E-state index is -0.297. The van der Waals surface area contributed by atoms with Gasteiger partial charge < -0.3 is 0 Å². The number of aliphatic hydroxyl groups excluding tert-OH is 1. The maximum atomic E-state index is 10.6. The molecule has 2 heterocycles. The van der Waals surface area contributed by atoms with Gasteiger partial charge in [-0.2, -0.15) is 0 Å². The van der Waals surface area contributed by atoms with E-state index in [1.165, 1.54) is 9.27 Å². The summed E-state index contributed by atoms with van der Waals surface area (Å²) >= 11 is 0.331. The number of hydrogen-bond acceptors (Lipinski definition) is 3. The zero-order valence-corrected chi connectivity index (χ0v) is 17.6. The van der Waals surface area contributed by atoms with Crippen molar-refractivity contribution in [3.63, 3.8) is 0 Å². The zero-order chi connectivity index (χ0) is 15.3. The summed E-state index contributed by atoms with van der Waals surface area (Å²) in [7, 11) is 0. The number of rotatable bonds is 5. The molecule has 0 radical (unpaired) electrons. The van der Waals surface area contributed by atoms with Crippen molar-refractivity contribution in [2.45, 2.75) is 72.6 Å². The Hall–Kier alpha value is 0.950. The quantitative estimate of drug-likeness (QED) is 0.136. The molecule has 0 aromatic heterocycles. The molecule has 2 aliphatic heterocycles. The Labute approximate surface area is 148 Å². The molecule has 0 spiro atoms. The van der Waals surface area contributed by atoms with Gasteiger partial charge in [-0.1, -0.05) is 0 Å². The summed E-state index contributed by atoms with van der Waals surface area (Å²) in [5.41, 5.74) is 1.16. The van der Waals surface area contributed by atoms with Crippen LogP contribution in [0.1, 0.15) is 53.4 Å². The van der Waals surface area contributed by atoms with Crippen LogP contribution in [0.2, 0.25) is 0 Å². The molecule has 3 aliphatic rings. The molecule has 1 fully saturated rings. The predicted octanol–water partition coefficient (Wildman–Crippen LogP) is 0.0852.